The summed E-state index contributed by atoms with van der Waals surface area (Å²) in [4.78, 5) is 31.3. The van der Waals surface area contributed by atoms with E-state index in [1.807, 2.05) is 0 Å². The molecule has 112 valence electrons. The first-order valence-corrected chi connectivity index (χ1v) is 7.65. The fraction of sp³-hybridized carbons (Fsp3) is 0.333. The van der Waals surface area contributed by atoms with Crippen molar-refractivity contribution in [1.82, 2.24) is 9.97 Å². The van der Waals surface area contributed by atoms with Crippen LogP contribution in [-0.4, -0.2) is 32.7 Å². The largest absolute Gasteiger partial charge is 0.476 e. The Morgan fingerprint density at radius 1 is 1.38 bits per heavy atom. The number of carboxylic acid groups (broad SMARTS) is 1. The second kappa shape index (κ2) is 5.78. The number of thiazole rings is 2. The highest BCUT2D eigenvalue weighted by atomic mass is 32.1. The van der Waals surface area contributed by atoms with Gasteiger partial charge in [-0.15, -0.1) is 11.3 Å². The fourth-order valence-corrected chi connectivity index (χ4v) is 2.94. The van der Waals surface area contributed by atoms with E-state index in [1.165, 1.54) is 11.3 Å². The minimum Gasteiger partial charge on any atom is -0.476 e. The predicted molar refractivity (Wildman–Crippen MR) is 80.0 cm³/mol. The Hall–Kier alpha value is -2.00. The first-order valence-electron chi connectivity index (χ1n) is 5.89. The van der Waals surface area contributed by atoms with Crippen LogP contribution in [-0.2, 0) is 4.74 Å². The lowest BCUT2D eigenvalue weighted by molar-refractivity contribution is 0.0632. The topological polar surface area (TPSA) is 101 Å². The molecular weight excluding hydrogens is 314 g/mol. The van der Waals surface area contributed by atoms with E-state index in [4.69, 9.17) is 4.74 Å². The number of ether oxygens (including phenoxy) is 1. The van der Waals surface area contributed by atoms with Gasteiger partial charge in [0.25, 0.3) is 0 Å². The van der Waals surface area contributed by atoms with E-state index in [-0.39, 0.29) is 10.8 Å². The van der Waals surface area contributed by atoms with Gasteiger partial charge in [0.15, 0.2) is 10.8 Å². The van der Waals surface area contributed by atoms with Crippen molar-refractivity contribution in [2.75, 3.05) is 5.32 Å². The summed E-state index contributed by atoms with van der Waals surface area (Å²) in [5.41, 5.74) is 1.33. The molecule has 0 radical (unpaired) electrons. The molecule has 0 saturated heterocycles. The third kappa shape index (κ3) is 3.99. The third-order valence-corrected chi connectivity index (χ3v) is 3.68. The quantitative estimate of drug-likeness (QED) is 0.896. The Morgan fingerprint density at radius 3 is 2.62 bits per heavy atom. The molecule has 2 heterocycles. The minimum absolute atomic E-state index is 0.142. The molecule has 0 unspecified atom stereocenters. The van der Waals surface area contributed by atoms with Crippen molar-refractivity contribution in [3.63, 3.8) is 0 Å². The van der Waals surface area contributed by atoms with Gasteiger partial charge in [0, 0.05) is 5.38 Å². The van der Waals surface area contributed by atoms with E-state index in [1.54, 1.807) is 31.7 Å². The van der Waals surface area contributed by atoms with Crippen LogP contribution in [0.4, 0.5) is 9.93 Å². The number of carboxylic acids is 1. The molecule has 0 spiro atoms. The van der Waals surface area contributed by atoms with Gasteiger partial charge in [-0.2, -0.15) is 0 Å². The average Bonchev–Trinajstić information content (AvgIpc) is 2.92. The maximum Gasteiger partial charge on any atom is 0.413 e. The zero-order chi connectivity index (χ0) is 15.6. The second-order valence-electron chi connectivity index (χ2n) is 5.00. The van der Waals surface area contributed by atoms with Gasteiger partial charge in [0.1, 0.15) is 5.60 Å². The summed E-state index contributed by atoms with van der Waals surface area (Å²) in [5.74, 6) is -1.17. The number of carbonyl (C=O) groups is 2. The van der Waals surface area contributed by atoms with Gasteiger partial charge in [-0.1, -0.05) is 11.3 Å². The summed E-state index contributed by atoms with van der Waals surface area (Å²) in [5, 5.41) is 13.5. The molecule has 0 saturated carbocycles. The Kier molecular flexibility index (Phi) is 4.24. The van der Waals surface area contributed by atoms with Gasteiger partial charge in [0.2, 0.25) is 0 Å². The third-order valence-electron chi connectivity index (χ3n) is 2.10. The molecule has 2 aromatic rings. The maximum atomic E-state index is 11.7. The van der Waals surface area contributed by atoms with Crippen LogP contribution in [0.5, 0.6) is 0 Å². The zero-order valence-corrected chi connectivity index (χ0v) is 13.2. The molecule has 0 aliphatic heterocycles. The van der Waals surface area contributed by atoms with Crippen LogP contribution < -0.4 is 5.32 Å². The molecule has 0 aliphatic rings. The molecule has 1 amide bonds. The number of anilines is 1. The molecule has 0 aliphatic carbocycles. The summed E-state index contributed by atoms with van der Waals surface area (Å²) in [6, 6.07) is 0. The molecule has 21 heavy (non-hydrogen) atoms. The molecule has 0 fully saturated rings. The number of rotatable bonds is 3. The van der Waals surface area contributed by atoms with Crippen molar-refractivity contribution in [1.29, 1.82) is 0 Å². The molecule has 2 rings (SSSR count). The smallest absolute Gasteiger partial charge is 0.413 e. The van der Waals surface area contributed by atoms with Crippen molar-refractivity contribution in [2.45, 2.75) is 26.4 Å². The molecule has 0 aromatic carbocycles. The maximum absolute atomic E-state index is 11.7. The van der Waals surface area contributed by atoms with Crippen LogP contribution >= 0.6 is 22.7 Å². The highest BCUT2D eigenvalue weighted by Gasteiger charge is 2.22. The number of hydrogen-bond acceptors (Lipinski definition) is 7. The van der Waals surface area contributed by atoms with Crippen molar-refractivity contribution >= 4 is 39.9 Å². The van der Waals surface area contributed by atoms with Gasteiger partial charge in [0.05, 0.1) is 16.1 Å². The predicted octanol–water partition coefficient (Wildman–Crippen LogP) is 3.31. The number of aromatic carboxylic acids is 1. The van der Waals surface area contributed by atoms with E-state index in [0.717, 1.165) is 11.3 Å². The van der Waals surface area contributed by atoms with E-state index >= 15 is 0 Å². The number of nitrogens with zero attached hydrogens (tertiary/aromatic N) is 2. The Bertz CT molecular complexity index is 659. The zero-order valence-electron chi connectivity index (χ0n) is 11.5. The Morgan fingerprint density at radius 2 is 2.10 bits per heavy atom. The molecule has 2 aromatic heterocycles. The van der Waals surface area contributed by atoms with Crippen LogP contribution in [0.15, 0.2) is 10.9 Å². The van der Waals surface area contributed by atoms with Crippen LogP contribution in [0.2, 0.25) is 0 Å². The summed E-state index contributed by atoms with van der Waals surface area (Å²) in [6.07, 6.45) is -0.682. The van der Waals surface area contributed by atoms with E-state index in [2.05, 4.69) is 15.3 Å². The van der Waals surface area contributed by atoms with Crippen molar-refractivity contribution < 1.29 is 19.4 Å². The van der Waals surface area contributed by atoms with E-state index in [0.29, 0.717) is 10.6 Å². The highest BCUT2D eigenvalue weighted by Crippen LogP contribution is 2.33. The molecule has 2 N–H and O–H groups in total. The molecular formula is C12H13N3O4S2. The number of aromatic nitrogens is 2. The van der Waals surface area contributed by atoms with Crippen LogP contribution in [0.25, 0.3) is 10.6 Å². The average molecular weight is 327 g/mol. The summed E-state index contributed by atoms with van der Waals surface area (Å²) < 4.78 is 5.10. The van der Waals surface area contributed by atoms with Gasteiger partial charge in [-0.3, -0.25) is 5.32 Å². The lowest BCUT2D eigenvalue weighted by Crippen LogP contribution is -2.27. The first-order chi connectivity index (χ1) is 9.76. The second-order valence-corrected chi connectivity index (χ2v) is 6.72. The molecule has 0 bridgehead atoms. The molecule has 9 heteroatoms. The van der Waals surface area contributed by atoms with Gasteiger partial charge in [-0.05, 0) is 20.8 Å². The van der Waals surface area contributed by atoms with Crippen LogP contribution in [0.3, 0.4) is 0 Å². The normalized spacial score (nSPS) is 11.2. The summed E-state index contributed by atoms with van der Waals surface area (Å²) in [7, 11) is 0. The van der Waals surface area contributed by atoms with Crippen LogP contribution in [0.1, 0.15) is 31.3 Å². The minimum atomic E-state index is -1.17. The molecule has 7 nitrogen and oxygen atoms in total. The van der Waals surface area contributed by atoms with Crippen molar-refractivity contribution in [3.8, 4) is 10.6 Å². The highest BCUT2D eigenvalue weighted by molar-refractivity contribution is 7.19. The summed E-state index contributed by atoms with van der Waals surface area (Å²) >= 11 is 2.39. The fourth-order valence-electron chi connectivity index (χ4n) is 1.41. The Labute approximate surface area is 128 Å². The molecule has 0 atom stereocenters. The lowest BCUT2D eigenvalue weighted by atomic mass is 10.2. The van der Waals surface area contributed by atoms with Gasteiger partial charge in [-0.25, -0.2) is 19.6 Å². The standard InChI is InChI=1S/C12H13N3O4S2/c1-12(2,3)19-11(18)15-10-14-7(9(16)17)8(21-10)6-4-20-5-13-6/h4-5H,1-3H3,(H,16,17)(H,14,15,18). The monoisotopic (exact) mass is 327 g/mol. The Balaban J connectivity index is 2.24. The van der Waals surface area contributed by atoms with Crippen LogP contribution in [0, 0.1) is 0 Å². The van der Waals surface area contributed by atoms with Crippen molar-refractivity contribution in [2.24, 2.45) is 0 Å². The van der Waals surface area contributed by atoms with Crippen molar-refractivity contribution in [3.05, 3.63) is 16.6 Å². The SMILES string of the molecule is CC(C)(C)OC(=O)Nc1nc(C(=O)O)c(-c2cscn2)s1. The number of amides is 1. The number of carbonyl (C=O) groups excluding carboxylic acids is 1. The van der Waals surface area contributed by atoms with E-state index in [9.17, 15) is 14.7 Å². The summed E-state index contributed by atoms with van der Waals surface area (Å²) in [6.45, 7) is 5.20. The van der Waals surface area contributed by atoms with Gasteiger partial charge >= 0.3 is 12.1 Å². The lowest BCUT2D eigenvalue weighted by Gasteiger charge is -2.18. The first kappa shape index (κ1) is 15.4. The number of hydrogen-bond donors (Lipinski definition) is 2. The van der Waals surface area contributed by atoms with Gasteiger partial charge < -0.3 is 9.84 Å². The number of nitrogens with one attached hydrogen (secondary N) is 1. The van der Waals surface area contributed by atoms with E-state index < -0.39 is 17.7 Å².